The normalized spacial score (nSPS) is 31.4. The van der Waals surface area contributed by atoms with Crippen LogP contribution >= 0.6 is 8.53 Å². The van der Waals surface area contributed by atoms with Gasteiger partial charge in [-0.3, -0.25) is 25.6 Å². The minimum absolute atomic E-state index is 0.121. The fourth-order valence-corrected chi connectivity index (χ4v) is 2.69. The minimum atomic E-state index is -2.05. The van der Waals surface area contributed by atoms with Crippen molar-refractivity contribution in [3.63, 3.8) is 0 Å². The lowest BCUT2D eigenvalue weighted by Crippen LogP contribution is -2.50. The van der Waals surface area contributed by atoms with E-state index in [2.05, 4.69) is 4.98 Å². The number of hydrogen-bond donors (Lipinski definition) is 4. The predicted octanol–water partition coefficient (Wildman–Crippen LogP) is -1.21. The lowest BCUT2D eigenvalue weighted by Gasteiger charge is -2.26. The fourth-order valence-electron chi connectivity index (χ4n) is 2.16. The van der Waals surface area contributed by atoms with Gasteiger partial charge in [0.1, 0.15) is 0 Å². The van der Waals surface area contributed by atoms with Gasteiger partial charge in [0.15, 0.2) is 0 Å². The van der Waals surface area contributed by atoms with Gasteiger partial charge in [0.25, 0.3) is 5.56 Å². The summed E-state index contributed by atoms with van der Waals surface area (Å²) in [5.74, 6) is -1.46. The maximum absolute atomic E-state index is 11.9. The molecule has 0 aliphatic carbocycles. The molecule has 1 aliphatic rings. The van der Waals surface area contributed by atoms with Crippen LogP contribution in [0, 0.1) is 6.92 Å². The summed E-state index contributed by atoms with van der Waals surface area (Å²) in [7, 11) is -2.05. The lowest BCUT2D eigenvalue weighted by molar-refractivity contribution is -0.0950. The lowest BCUT2D eigenvalue weighted by atomic mass is 10.1. The van der Waals surface area contributed by atoms with Gasteiger partial charge >= 0.3 is 5.69 Å². The van der Waals surface area contributed by atoms with Crippen molar-refractivity contribution in [3.05, 3.63) is 32.6 Å². The van der Waals surface area contributed by atoms with Crippen LogP contribution in [0.15, 0.2) is 15.8 Å². The van der Waals surface area contributed by atoms with E-state index in [1.54, 1.807) is 13.8 Å². The van der Waals surface area contributed by atoms with E-state index in [9.17, 15) is 9.59 Å². The van der Waals surface area contributed by atoms with Gasteiger partial charge in [0.2, 0.25) is 14.4 Å². The summed E-state index contributed by atoms with van der Waals surface area (Å²) in [6, 6.07) is 0. The first kappa shape index (κ1) is 15.3. The smallest absolute Gasteiger partial charge is 0.331 e. The Morgan fingerprint density at radius 2 is 2.30 bits per heavy atom. The van der Waals surface area contributed by atoms with Gasteiger partial charge in [0, 0.05) is 18.2 Å². The first-order valence-corrected chi connectivity index (χ1v) is 7.21. The quantitative estimate of drug-likeness (QED) is 0.512. The molecule has 1 aromatic heterocycles. The molecule has 0 bridgehead atoms. The van der Waals surface area contributed by atoms with E-state index in [4.69, 9.17) is 25.4 Å². The summed E-state index contributed by atoms with van der Waals surface area (Å²) in [6.07, 6.45) is 0.455. The molecule has 10 heteroatoms. The molecule has 1 fully saturated rings. The molecule has 6 N–H and O–H groups in total. The standard InChI is InChI=1S/C10H17N4O5P/c1-5-4-14(9(16)13-8(5)15)10(11)3-7(6(2)18-10)19-20(12)17/h4,6-7,17H,3,11-12H2,1-2H3,(H,13,15,16)/t6-,7+,10+,20?/m1/s1. The van der Waals surface area contributed by atoms with Gasteiger partial charge in [-0.05, 0) is 13.8 Å². The van der Waals surface area contributed by atoms with Crippen LogP contribution in [0.4, 0.5) is 0 Å². The van der Waals surface area contributed by atoms with Gasteiger partial charge in [-0.25, -0.2) is 4.79 Å². The molecule has 112 valence electrons. The summed E-state index contributed by atoms with van der Waals surface area (Å²) in [5, 5.41) is 0. The molecule has 1 unspecified atom stereocenters. The van der Waals surface area contributed by atoms with Crippen molar-refractivity contribution in [2.75, 3.05) is 0 Å². The van der Waals surface area contributed by atoms with Crippen LogP contribution in [0.5, 0.6) is 0 Å². The average molecular weight is 304 g/mol. The van der Waals surface area contributed by atoms with Crippen molar-refractivity contribution in [1.82, 2.24) is 9.55 Å². The van der Waals surface area contributed by atoms with Gasteiger partial charge in [-0.2, -0.15) is 0 Å². The Labute approximate surface area is 115 Å². The van der Waals surface area contributed by atoms with Crippen molar-refractivity contribution >= 4 is 8.53 Å². The Bertz CT molecular complexity index is 614. The molecule has 2 heterocycles. The number of rotatable bonds is 3. The Hall–Kier alpha value is -1.09. The van der Waals surface area contributed by atoms with E-state index in [1.165, 1.54) is 6.20 Å². The molecular formula is C10H17N4O5P. The van der Waals surface area contributed by atoms with Crippen LogP contribution in [0.1, 0.15) is 18.9 Å². The predicted molar refractivity (Wildman–Crippen MR) is 71.6 cm³/mol. The number of ether oxygens (including phenoxy) is 1. The number of aryl methyl sites for hydroxylation is 1. The zero-order chi connectivity index (χ0) is 15.1. The van der Waals surface area contributed by atoms with Gasteiger partial charge in [-0.15, -0.1) is 0 Å². The third kappa shape index (κ3) is 2.83. The largest absolute Gasteiger partial charge is 0.338 e. The highest BCUT2D eigenvalue weighted by Gasteiger charge is 2.45. The Balaban J connectivity index is 2.36. The highest BCUT2D eigenvalue weighted by atomic mass is 31.2. The zero-order valence-corrected chi connectivity index (χ0v) is 12.0. The van der Waals surface area contributed by atoms with Crippen molar-refractivity contribution < 1.29 is 14.2 Å². The molecule has 9 nitrogen and oxygen atoms in total. The summed E-state index contributed by atoms with van der Waals surface area (Å²) in [5.41, 5.74) is 10.5. The third-order valence-electron chi connectivity index (χ3n) is 3.18. The molecule has 1 saturated heterocycles. The average Bonchev–Trinajstić information content (AvgIpc) is 2.59. The Morgan fingerprint density at radius 3 is 2.90 bits per heavy atom. The summed E-state index contributed by atoms with van der Waals surface area (Å²) in [4.78, 5) is 34.5. The highest BCUT2D eigenvalue weighted by Crippen LogP contribution is 2.36. The summed E-state index contributed by atoms with van der Waals surface area (Å²) >= 11 is 0. The van der Waals surface area contributed by atoms with Crippen LogP contribution in [-0.4, -0.2) is 26.7 Å². The number of nitrogens with zero attached hydrogens (tertiary/aromatic N) is 1. The van der Waals surface area contributed by atoms with E-state index < -0.39 is 37.8 Å². The molecular weight excluding hydrogens is 287 g/mol. The molecule has 0 saturated carbocycles. The van der Waals surface area contributed by atoms with E-state index in [0.717, 1.165) is 4.57 Å². The zero-order valence-electron chi connectivity index (χ0n) is 11.1. The second-order valence-electron chi connectivity index (χ2n) is 4.76. The number of aromatic amines is 1. The highest BCUT2D eigenvalue weighted by molar-refractivity contribution is 7.43. The van der Waals surface area contributed by atoms with E-state index in [1.807, 2.05) is 0 Å². The second kappa shape index (κ2) is 5.36. The maximum Gasteiger partial charge on any atom is 0.331 e. The first-order valence-electron chi connectivity index (χ1n) is 5.93. The molecule has 1 aromatic rings. The topological polar surface area (TPSA) is 146 Å². The van der Waals surface area contributed by atoms with Crippen molar-refractivity contribution in [3.8, 4) is 0 Å². The van der Waals surface area contributed by atoms with Crippen LogP contribution in [0.25, 0.3) is 0 Å². The van der Waals surface area contributed by atoms with Gasteiger partial charge < -0.3 is 14.2 Å². The minimum Gasteiger partial charge on any atom is -0.338 e. The summed E-state index contributed by atoms with van der Waals surface area (Å²) in [6.45, 7) is 3.25. The molecule has 2 rings (SSSR count). The number of nitrogens with two attached hydrogens (primary N) is 2. The third-order valence-corrected chi connectivity index (χ3v) is 3.67. The molecule has 1 aliphatic heterocycles. The molecule has 0 amide bonds. The molecule has 4 atom stereocenters. The molecule has 0 spiro atoms. The van der Waals surface area contributed by atoms with Crippen LogP contribution < -0.4 is 22.5 Å². The Kier molecular flexibility index (Phi) is 4.10. The monoisotopic (exact) mass is 304 g/mol. The SMILES string of the molecule is Cc1cn([C@@]2(N)C[C@H](OP(N)O)[C@@H](C)O2)c(=O)[nH]c1=O. The van der Waals surface area contributed by atoms with E-state index in [0.29, 0.717) is 5.56 Å². The van der Waals surface area contributed by atoms with Crippen LogP contribution in [-0.2, 0) is 15.1 Å². The van der Waals surface area contributed by atoms with Crippen molar-refractivity contribution in [2.24, 2.45) is 11.2 Å². The number of aromatic nitrogens is 2. The van der Waals surface area contributed by atoms with Crippen LogP contribution in [0.2, 0.25) is 0 Å². The van der Waals surface area contributed by atoms with E-state index in [-0.39, 0.29) is 6.42 Å². The number of hydrogen-bond acceptors (Lipinski definition) is 7. The number of nitrogens with one attached hydrogen (secondary N) is 1. The molecule has 0 aromatic carbocycles. The summed E-state index contributed by atoms with van der Waals surface area (Å²) < 4.78 is 11.8. The number of H-pyrrole nitrogens is 1. The Morgan fingerprint density at radius 1 is 1.65 bits per heavy atom. The van der Waals surface area contributed by atoms with Gasteiger partial charge in [0.05, 0.1) is 12.2 Å². The van der Waals surface area contributed by atoms with Crippen molar-refractivity contribution in [2.45, 2.75) is 38.3 Å². The van der Waals surface area contributed by atoms with Crippen LogP contribution in [0.3, 0.4) is 0 Å². The maximum atomic E-state index is 11.9. The fraction of sp³-hybridized carbons (Fsp3) is 0.600. The van der Waals surface area contributed by atoms with E-state index >= 15 is 0 Å². The molecule has 20 heavy (non-hydrogen) atoms. The second-order valence-corrected chi connectivity index (χ2v) is 5.58. The van der Waals surface area contributed by atoms with Gasteiger partial charge in [-0.1, -0.05) is 0 Å². The molecule has 0 radical (unpaired) electrons. The first-order chi connectivity index (χ1) is 9.23. The van der Waals surface area contributed by atoms with Crippen molar-refractivity contribution in [1.29, 1.82) is 0 Å².